The van der Waals surface area contributed by atoms with Crippen molar-refractivity contribution in [3.05, 3.63) is 66.1 Å². The number of ether oxygens (including phenoxy) is 1. The summed E-state index contributed by atoms with van der Waals surface area (Å²) < 4.78 is 10.1. The maximum absolute atomic E-state index is 12.3. The van der Waals surface area contributed by atoms with Gasteiger partial charge in [-0.1, -0.05) is 30.3 Å². The minimum atomic E-state index is -0.493. The van der Waals surface area contributed by atoms with E-state index in [1.165, 1.54) is 23.7 Å². The third-order valence-electron chi connectivity index (χ3n) is 3.92. The van der Waals surface area contributed by atoms with E-state index in [1.54, 1.807) is 19.1 Å². The molecule has 0 atom stereocenters. The van der Waals surface area contributed by atoms with Gasteiger partial charge >= 0.3 is 5.97 Å². The van der Waals surface area contributed by atoms with Crippen LogP contribution in [0.25, 0.3) is 10.4 Å². The monoisotopic (exact) mass is 412 g/mol. The summed E-state index contributed by atoms with van der Waals surface area (Å²) in [5.41, 5.74) is 1.25. The maximum atomic E-state index is 12.3. The van der Waals surface area contributed by atoms with Gasteiger partial charge in [-0.25, -0.2) is 4.79 Å². The fourth-order valence-electron chi connectivity index (χ4n) is 2.56. The number of nitrogens with one attached hydrogen (secondary N) is 2. The SMILES string of the molecule is CCOC(=O)c1cc(-c2ccccc2)sc1NC(=O)CCNC(=O)c1ccco1. The fraction of sp³-hybridized carbons (Fsp3) is 0.190. The Morgan fingerprint density at radius 3 is 2.59 bits per heavy atom. The number of anilines is 1. The lowest BCUT2D eigenvalue weighted by Gasteiger charge is -2.06. The molecule has 150 valence electrons. The lowest BCUT2D eigenvalue weighted by Crippen LogP contribution is -2.27. The molecule has 2 aromatic heterocycles. The maximum Gasteiger partial charge on any atom is 0.341 e. The van der Waals surface area contributed by atoms with Crippen molar-refractivity contribution in [2.24, 2.45) is 0 Å². The molecule has 3 aromatic rings. The second-order valence-electron chi connectivity index (χ2n) is 5.97. The van der Waals surface area contributed by atoms with Gasteiger partial charge in [-0.2, -0.15) is 0 Å². The summed E-state index contributed by atoms with van der Waals surface area (Å²) in [6, 6.07) is 14.4. The number of furan rings is 1. The Balaban J connectivity index is 1.66. The number of amides is 2. The van der Waals surface area contributed by atoms with Gasteiger partial charge in [0.1, 0.15) is 5.00 Å². The number of carbonyl (C=O) groups excluding carboxylic acids is 3. The van der Waals surface area contributed by atoms with Gasteiger partial charge in [-0.15, -0.1) is 11.3 Å². The quantitative estimate of drug-likeness (QED) is 0.546. The molecule has 29 heavy (non-hydrogen) atoms. The molecule has 0 unspecified atom stereocenters. The van der Waals surface area contributed by atoms with Gasteiger partial charge in [0.25, 0.3) is 5.91 Å². The number of esters is 1. The average molecular weight is 412 g/mol. The standard InChI is InChI=1S/C21H20N2O5S/c1-2-27-21(26)15-13-17(14-7-4-3-5-8-14)29-20(15)23-18(24)10-11-22-19(25)16-9-6-12-28-16/h3-9,12-13H,2,10-11H2,1H3,(H,22,25)(H,23,24). The van der Waals surface area contributed by atoms with Gasteiger partial charge in [-0.3, -0.25) is 9.59 Å². The van der Waals surface area contributed by atoms with Gasteiger partial charge < -0.3 is 19.8 Å². The molecule has 0 aliphatic rings. The average Bonchev–Trinajstić information content (AvgIpc) is 3.39. The topological polar surface area (TPSA) is 97.6 Å². The molecular weight excluding hydrogens is 392 g/mol. The zero-order valence-electron chi connectivity index (χ0n) is 15.8. The Morgan fingerprint density at radius 1 is 1.10 bits per heavy atom. The van der Waals surface area contributed by atoms with E-state index in [2.05, 4.69) is 10.6 Å². The van der Waals surface area contributed by atoms with Crippen LogP contribution in [0.5, 0.6) is 0 Å². The molecule has 0 saturated heterocycles. The van der Waals surface area contributed by atoms with Crippen LogP contribution in [0.15, 0.2) is 59.2 Å². The molecule has 7 nitrogen and oxygen atoms in total. The zero-order chi connectivity index (χ0) is 20.6. The number of carbonyl (C=O) groups is 3. The second-order valence-corrected chi connectivity index (χ2v) is 7.02. The van der Waals surface area contributed by atoms with E-state index < -0.39 is 11.9 Å². The molecule has 0 fully saturated rings. The molecule has 0 radical (unpaired) electrons. The highest BCUT2D eigenvalue weighted by atomic mass is 32.1. The van der Waals surface area contributed by atoms with Crippen LogP contribution in [0.3, 0.4) is 0 Å². The number of benzene rings is 1. The van der Waals surface area contributed by atoms with Crippen LogP contribution in [0.2, 0.25) is 0 Å². The predicted molar refractivity (Wildman–Crippen MR) is 110 cm³/mol. The third kappa shape index (κ3) is 5.32. The van der Waals surface area contributed by atoms with Crippen LogP contribution < -0.4 is 10.6 Å². The molecule has 2 heterocycles. The predicted octanol–water partition coefficient (Wildman–Crippen LogP) is 3.94. The Labute approximate surface area is 171 Å². The first kappa shape index (κ1) is 20.3. The van der Waals surface area contributed by atoms with E-state index in [-0.39, 0.29) is 31.2 Å². The molecule has 0 aliphatic carbocycles. The zero-order valence-corrected chi connectivity index (χ0v) is 16.6. The number of rotatable bonds is 8. The molecule has 0 spiro atoms. The van der Waals surface area contributed by atoms with Crippen LogP contribution >= 0.6 is 11.3 Å². The van der Waals surface area contributed by atoms with Gasteiger partial charge in [-0.05, 0) is 30.7 Å². The van der Waals surface area contributed by atoms with Crippen molar-refractivity contribution in [1.29, 1.82) is 0 Å². The third-order valence-corrected chi connectivity index (χ3v) is 5.02. The second kappa shape index (κ2) is 9.70. The molecule has 2 amide bonds. The Hall–Kier alpha value is -3.39. The van der Waals surface area contributed by atoms with Crippen molar-refractivity contribution in [2.75, 3.05) is 18.5 Å². The Bertz CT molecular complexity index is 980. The summed E-state index contributed by atoms with van der Waals surface area (Å²) in [5, 5.41) is 5.78. The molecule has 8 heteroatoms. The van der Waals surface area contributed by atoms with Crippen molar-refractivity contribution in [1.82, 2.24) is 5.32 Å². The summed E-state index contributed by atoms with van der Waals surface area (Å²) in [6.45, 7) is 2.10. The lowest BCUT2D eigenvalue weighted by atomic mass is 10.1. The van der Waals surface area contributed by atoms with E-state index in [9.17, 15) is 14.4 Å². The van der Waals surface area contributed by atoms with E-state index in [4.69, 9.17) is 9.15 Å². The number of hydrogen-bond acceptors (Lipinski definition) is 6. The fourth-order valence-corrected chi connectivity index (χ4v) is 3.63. The largest absolute Gasteiger partial charge is 0.462 e. The first-order valence-corrected chi connectivity index (χ1v) is 9.88. The van der Waals surface area contributed by atoms with Crippen LogP contribution in [-0.4, -0.2) is 30.9 Å². The van der Waals surface area contributed by atoms with Gasteiger partial charge in [0, 0.05) is 17.8 Å². The number of hydrogen-bond donors (Lipinski definition) is 2. The van der Waals surface area contributed by atoms with Crippen LogP contribution in [0.1, 0.15) is 34.3 Å². The summed E-state index contributed by atoms with van der Waals surface area (Å²) in [6.07, 6.45) is 1.45. The smallest absolute Gasteiger partial charge is 0.341 e. The van der Waals surface area contributed by atoms with Gasteiger partial charge in [0.05, 0.1) is 18.4 Å². The molecular formula is C21H20N2O5S. The minimum absolute atomic E-state index is 0.0489. The highest BCUT2D eigenvalue weighted by Gasteiger charge is 2.20. The highest BCUT2D eigenvalue weighted by Crippen LogP contribution is 2.36. The minimum Gasteiger partial charge on any atom is -0.462 e. The summed E-state index contributed by atoms with van der Waals surface area (Å²) >= 11 is 1.30. The first-order valence-electron chi connectivity index (χ1n) is 9.06. The lowest BCUT2D eigenvalue weighted by molar-refractivity contribution is -0.116. The molecule has 2 N–H and O–H groups in total. The van der Waals surface area contributed by atoms with Crippen LogP contribution in [0.4, 0.5) is 5.00 Å². The van der Waals surface area contributed by atoms with Crippen molar-refractivity contribution < 1.29 is 23.5 Å². The molecule has 3 rings (SSSR count). The first-order chi connectivity index (χ1) is 14.1. The van der Waals surface area contributed by atoms with Crippen molar-refractivity contribution in [2.45, 2.75) is 13.3 Å². The van der Waals surface area contributed by atoms with E-state index in [0.29, 0.717) is 10.6 Å². The van der Waals surface area contributed by atoms with Crippen LogP contribution in [0, 0.1) is 0 Å². The van der Waals surface area contributed by atoms with E-state index in [1.807, 2.05) is 30.3 Å². The van der Waals surface area contributed by atoms with Crippen molar-refractivity contribution in [3.8, 4) is 10.4 Å². The van der Waals surface area contributed by atoms with Crippen LogP contribution in [-0.2, 0) is 9.53 Å². The van der Waals surface area contributed by atoms with E-state index in [0.717, 1.165) is 10.4 Å². The normalized spacial score (nSPS) is 10.4. The van der Waals surface area contributed by atoms with Crippen molar-refractivity contribution in [3.63, 3.8) is 0 Å². The van der Waals surface area contributed by atoms with Crippen molar-refractivity contribution >= 4 is 34.1 Å². The number of thiophene rings is 1. The molecule has 0 bridgehead atoms. The molecule has 0 saturated carbocycles. The van der Waals surface area contributed by atoms with E-state index >= 15 is 0 Å². The highest BCUT2D eigenvalue weighted by molar-refractivity contribution is 7.20. The summed E-state index contributed by atoms with van der Waals surface area (Å²) in [5.74, 6) is -1.03. The van der Waals surface area contributed by atoms with Gasteiger partial charge in [0.15, 0.2) is 5.76 Å². The molecule has 0 aliphatic heterocycles. The van der Waals surface area contributed by atoms with Gasteiger partial charge in [0.2, 0.25) is 5.91 Å². The Morgan fingerprint density at radius 2 is 1.90 bits per heavy atom. The summed E-state index contributed by atoms with van der Waals surface area (Å²) in [4.78, 5) is 37.3. The summed E-state index contributed by atoms with van der Waals surface area (Å²) in [7, 11) is 0. The Kier molecular flexibility index (Phi) is 6.80. The molecule has 1 aromatic carbocycles.